The molecule has 0 unspecified atom stereocenters. The summed E-state index contributed by atoms with van der Waals surface area (Å²) in [4.78, 5) is 36.1. The van der Waals surface area contributed by atoms with Crippen molar-refractivity contribution in [1.29, 1.82) is 5.41 Å². The molecule has 1 aliphatic heterocycles. The lowest BCUT2D eigenvalue weighted by Crippen LogP contribution is -2.47. The number of aromatic nitrogens is 2. The Kier molecular flexibility index (Phi) is 7.50. The number of nitrogens with two attached hydrogens (primary N) is 1. The predicted octanol–water partition coefficient (Wildman–Crippen LogP) is 2.51. The largest absolute Gasteiger partial charge is 0.478 e. The third-order valence-corrected chi connectivity index (χ3v) is 6.00. The van der Waals surface area contributed by atoms with Crippen LogP contribution in [0.3, 0.4) is 0 Å². The van der Waals surface area contributed by atoms with E-state index in [4.69, 9.17) is 27.9 Å². The molecule has 11 nitrogen and oxygen atoms in total. The molecule has 0 radical (unpaired) electrons. The second-order valence-electron chi connectivity index (χ2n) is 8.14. The highest BCUT2D eigenvalue weighted by Gasteiger charge is 2.21. The van der Waals surface area contributed by atoms with E-state index in [1.807, 2.05) is 24.3 Å². The maximum atomic E-state index is 11.6. The van der Waals surface area contributed by atoms with Crippen LogP contribution in [0.2, 0.25) is 5.02 Å². The molecule has 2 amide bonds. The highest BCUT2D eigenvalue weighted by Crippen LogP contribution is 2.28. The van der Waals surface area contributed by atoms with Gasteiger partial charge in [-0.25, -0.2) is 19.6 Å². The monoisotopic (exact) mass is 508 g/mol. The number of aromatic carboxylic acids is 1. The van der Waals surface area contributed by atoms with Crippen molar-refractivity contribution in [2.75, 3.05) is 36.0 Å². The van der Waals surface area contributed by atoms with Crippen LogP contribution in [0.25, 0.3) is 11.1 Å². The molecule has 0 bridgehead atoms. The molecule has 0 aliphatic carbocycles. The number of nitrogens with zero attached hydrogens (tertiary/aromatic N) is 4. The van der Waals surface area contributed by atoms with Crippen LogP contribution < -0.4 is 26.2 Å². The second-order valence-corrected chi connectivity index (χ2v) is 8.55. The number of hydrogen-bond donors (Lipinski definition) is 5. The lowest BCUT2D eigenvalue weighted by molar-refractivity contribution is 0.0697. The van der Waals surface area contributed by atoms with Gasteiger partial charge in [-0.05, 0) is 35.4 Å². The number of carbonyl (C=O) groups excluding carboxylic acids is 1. The molecule has 1 saturated heterocycles. The zero-order valence-corrected chi connectivity index (χ0v) is 20.0. The van der Waals surface area contributed by atoms with Gasteiger partial charge in [0.05, 0.1) is 16.3 Å². The molecule has 6 N–H and O–H groups in total. The Hall–Kier alpha value is -4.38. The Morgan fingerprint density at radius 1 is 1.03 bits per heavy atom. The number of benzene rings is 2. The Morgan fingerprint density at radius 2 is 1.72 bits per heavy atom. The fourth-order valence-electron chi connectivity index (χ4n) is 3.89. The minimum absolute atomic E-state index is 0.163. The van der Waals surface area contributed by atoms with E-state index in [0.29, 0.717) is 37.1 Å². The fourth-order valence-corrected chi connectivity index (χ4v) is 4.19. The van der Waals surface area contributed by atoms with E-state index in [9.17, 15) is 9.59 Å². The number of piperazine rings is 1. The van der Waals surface area contributed by atoms with Crippen molar-refractivity contribution in [2.45, 2.75) is 6.54 Å². The molecule has 0 spiro atoms. The number of nitrogens with one attached hydrogen (secondary N) is 3. The van der Waals surface area contributed by atoms with Crippen LogP contribution in [-0.4, -0.2) is 59.2 Å². The standard InChI is InChI=1S/C24H25ClN8O3/c25-19-11-17(21(34)35)4-5-20(19)32-6-8-33(9-7-32)23-28-13-18(14-29-23)16-3-1-2-15(10-16)12-30-24(36)31-22(26)27/h1-5,10-11,13-14H,6-9,12H2,(H,34,35)(H5,26,27,30,31,36). The number of carboxylic acids is 1. The zero-order chi connectivity index (χ0) is 25.7. The molecule has 0 atom stereocenters. The summed E-state index contributed by atoms with van der Waals surface area (Å²) in [6.45, 7) is 3.06. The Morgan fingerprint density at radius 3 is 2.36 bits per heavy atom. The number of anilines is 2. The van der Waals surface area contributed by atoms with Crippen molar-refractivity contribution in [2.24, 2.45) is 5.73 Å². The second kappa shape index (κ2) is 10.9. The van der Waals surface area contributed by atoms with Gasteiger partial charge in [0.15, 0.2) is 5.96 Å². The summed E-state index contributed by atoms with van der Waals surface area (Å²) >= 11 is 6.32. The smallest absolute Gasteiger partial charge is 0.335 e. The first-order valence-corrected chi connectivity index (χ1v) is 11.5. The van der Waals surface area contributed by atoms with Crippen LogP contribution in [0.4, 0.5) is 16.4 Å². The normalized spacial score (nSPS) is 13.2. The molecule has 1 aliphatic rings. The quantitative estimate of drug-likeness (QED) is 0.251. The lowest BCUT2D eigenvalue weighted by Gasteiger charge is -2.36. The molecular formula is C24H25ClN8O3. The van der Waals surface area contributed by atoms with Crippen LogP contribution in [0.5, 0.6) is 0 Å². The minimum atomic E-state index is -1.01. The van der Waals surface area contributed by atoms with Crippen molar-refractivity contribution < 1.29 is 14.7 Å². The van der Waals surface area contributed by atoms with Crippen LogP contribution in [0.1, 0.15) is 15.9 Å². The number of carbonyl (C=O) groups is 2. The maximum Gasteiger partial charge on any atom is 0.335 e. The first kappa shape index (κ1) is 24.7. The number of amides is 2. The van der Waals surface area contributed by atoms with Gasteiger partial charge in [-0.1, -0.05) is 29.8 Å². The van der Waals surface area contributed by atoms with Gasteiger partial charge in [0.2, 0.25) is 5.95 Å². The molecule has 2 heterocycles. The van der Waals surface area contributed by atoms with Gasteiger partial charge in [-0.15, -0.1) is 0 Å². The lowest BCUT2D eigenvalue weighted by atomic mass is 10.1. The van der Waals surface area contributed by atoms with Crippen molar-refractivity contribution in [3.8, 4) is 11.1 Å². The number of rotatable bonds is 6. The predicted molar refractivity (Wildman–Crippen MR) is 138 cm³/mol. The highest BCUT2D eigenvalue weighted by molar-refractivity contribution is 6.33. The van der Waals surface area contributed by atoms with Gasteiger partial charge in [0.25, 0.3) is 0 Å². The molecule has 0 saturated carbocycles. The summed E-state index contributed by atoms with van der Waals surface area (Å²) in [5, 5.41) is 21.4. The number of hydrogen-bond acceptors (Lipinski definition) is 7. The Balaban J connectivity index is 1.36. The molecule has 186 valence electrons. The maximum absolute atomic E-state index is 11.6. The molecule has 2 aromatic carbocycles. The summed E-state index contributed by atoms with van der Waals surface area (Å²) < 4.78 is 0. The van der Waals surface area contributed by atoms with E-state index in [-0.39, 0.29) is 12.1 Å². The summed E-state index contributed by atoms with van der Waals surface area (Å²) in [7, 11) is 0. The average Bonchev–Trinajstić information content (AvgIpc) is 2.87. The average molecular weight is 509 g/mol. The third-order valence-electron chi connectivity index (χ3n) is 5.70. The molecule has 1 aromatic heterocycles. The van der Waals surface area contributed by atoms with Gasteiger partial charge in [0, 0.05) is 50.7 Å². The Bertz CT molecular complexity index is 1280. The molecule has 12 heteroatoms. The first-order valence-electron chi connectivity index (χ1n) is 11.1. The van der Waals surface area contributed by atoms with E-state index in [1.54, 1.807) is 24.5 Å². The van der Waals surface area contributed by atoms with E-state index in [0.717, 1.165) is 22.4 Å². The first-order chi connectivity index (χ1) is 17.3. The molecule has 36 heavy (non-hydrogen) atoms. The van der Waals surface area contributed by atoms with Crippen molar-refractivity contribution in [3.63, 3.8) is 0 Å². The number of halogens is 1. The van der Waals surface area contributed by atoms with Crippen molar-refractivity contribution >= 4 is 41.2 Å². The van der Waals surface area contributed by atoms with Crippen LogP contribution in [-0.2, 0) is 6.54 Å². The van der Waals surface area contributed by atoms with Crippen molar-refractivity contribution in [1.82, 2.24) is 20.6 Å². The SMILES string of the molecule is N=C(N)NC(=O)NCc1cccc(-c2cnc(N3CCN(c4ccc(C(=O)O)cc4Cl)CC3)nc2)c1. The summed E-state index contributed by atoms with van der Waals surface area (Å²) in [6.07, 6.45) is 3.54. The van der Waals surface area contributed by atoms with E-state index < -0.39 is 18.0 Å². The number of urea groups is 1. The summed E-state index contributed by atoms with van der Waals surface area (Å²) in [5.41, 5.74) is 8.76. The Labute approximate surface area is 212 Å². The fraction of sp³-hybridized carbons (Fsp3) is 0.208. The van der Waals surface area contributed by atoms with E-state index >= 15 is 0 Å². The summed E-state index contributed by atoms with van der Waals surface area (Å²) in [6, 6.07) is 11.9. The van der Waals surface area contributed by atoms with Gasteiger partial charge in [-0.2, -0.15) is 0 Å². The topological polar surface area (TPSA) is 161 Å². The molecule has 3 aromatic rings. The van der Waals surface area contributed by atoms with Crippen LogP contribution in [0, 0.1) is 5.41 Å². The van der Waals surface area contributed by atoms with E-state index in [2.05, 4.69) is 30.4 Å². The van der Waals surface area contributed by atoms with Crippen LogP contribution >= 0.6 is 11.6 Å². The number of carboxylic acid groups (broad SMARTS) is 1. The zero-order valence-electron chi connectivity index (χ0n) is 19.2. The van der Waals surface area contributed by atoms with Gasteiger partial charge < -0.3 is 26.0 Å². The van der Waals surface area contributed by atoms with Crippen molar-refractivity contribution in [3.05, 3.63) is 71.0 Å². The van der Waals surface area contributed by atoms with Crippen LogP contribution in [0.15, 0.2) is 54.9 Å². The summed E-state index contributed by atoms with van der Waals surface area (Å²) in [5.74, 6) is -0.795. The highest BCUT2D eigenvalue weighted by atomic mass is 35.5. The van der Waals surface area contributed by atoms with Gasteiger partial charge in [0.1, 0.15) is 0 Å². The van der Waals surface area contributed by atoms with Gasteiger partial charge >= 0.3 is 12.0 Å². The minimum Gasteiger partial charge on any atom is -0.478 e. The van der Waals surface area contributed by atoms with Gasteiger partial charge in [-0.3, -0.25) is 10.7 Å². The number of guanidine groups is 1. The van der Waals surface area contributed by atoms with E-state index in [1.165, 1.54) is 6.07 Å². The molecule has 1 fully saturated rings. The third kappa shape index (κ3) is 5.99. The molecular weight excluding hydrogens is 484 g/mol. The molecule has 4 rings (SSSR count).